The maximum atomic E-state index is 12.0. The second kappa shape index (κ2) is 7.48. The van der Waals surface area contributed by atoms with Gasteiger partial charge in [-0.15, -0.1) is 0 Å². The molecule has 19 heavy (non-hydrogen) atoms. The number of hydrogen-bond donors (Lipinski definition) is 1. The fraction of sp³-hybridized carbons (Fsp3) is 1.00. The number of rotatable bonds is 6. The number of ether oxygens (including phenoxy) is 1. The summed E-state index contributed by atoms with van der Waals surface area (Å²) in [5.41, 5.74) is 0. The Bertz CT molecular complexity index is 258. The van der Waals surface area contributed by atoms with Gasteiger partial charge in [0.15, 0.2) is 0 Å². The number of nitrogens with one attached hydrogen (secondary N) is 1. The third-order valence-corrected chi connectivity index (χ3v) is 4.42. The molecule has 0 aromatic carbocycles. The lowest BCUT2D eigenvalue weighted by Gasteiger charge is -2.36. The van der Waals surface area contributed by atoms with Gasteiger partial charge in [-0.25, -0.2) is 0 Å². The van der Waals surface area contributed by atoms with Gasteiger partial charge in [-0.1, -0.05) is 20.3 Å². The van der Waals surface area contributed by atoms with Gasteiger partial charge in [0.25, 0.3) is 0 Å². The Morgan fingerprint density at radius 2 is 1.89 bits per heavy atom. The van der Waals surface area contributed by atoms with E-state index in [1.807, 2.05) is 7.05 Å². The van der Waals surface area contributed by atoms with Crippen LogP contribution in [0.5, 0.6) is 0 Å². The van der Waals surface area contributed by atoms with Gasteiger partial charge in [0, 0.05) is 12.6 Å². The Labute approximate surface area is 114 Å². The molecule has 5 heteroatoms. The van der Waals surface area contributed by atoms with E-state index in [0.717, 1.165) is 18.8 Å². The molecule has 0 aromatic rings. The molecule has 1 fully saturated rings. The fourth-order valence-electron chi connectivity index (χ4n) is 2.97. The van der Waals surface area contributed by atoms with Gasteiger partial charge < -0.3 is 10.1 Å². The van der Waals surface area contributed by atoms with Crippen LogP contribution in [0.2, 0.25) is 0 Å². The fourth-order valence-corrected chi connectivity index (χ4v) is 2.97. The molecule has 1 aliphatic rings. The molecule has 0 aliphatic heterocycles. The molecule has 0 amide bonds. The summed E-state index contributed by atoms with van der Waals surface area (Å²) in [4.78, 5) is 0. The summed E-state index contributed by atoms with van der Waals surface area (Å²) in [6.45, 7) is 3.58. The molecule has 0 bridgehead atoms. The average molecular weight is 281 g/mol. The van der Waals surface area contributed by atoms with Crippen LogP contribution in [-0.4, -0.2) is 32.5 Å². The van der Waals surface area contributed by atoms with Gasteiger partial charge >= 0.3 is 6.18 Å². The minimum atomic E-state index is -4.22. The van der Waals surface area contributed by atoms with Crippen LogP contribution in [0.3, 0.4) is 0 Å². The zero-order valence-corrected chi connectivity index (χ0v) is 12.1. The third kappa shape index (κ3) is 6.13. The first-order valence-corrected chi connectivity index (χ1v) is 7.15. The van der Waals surface area contributed by atoms with Gasteiger partial charge in [-0.3, -0.25) is 0 Å². The van der Waals surface area contributed by atoms with E-state index in [4.69, 9.17) is 4.74 Å². The molecular formula is C14H26F3NO. The van der Waals surface area contributed by atoms with Gasteiger partial charge in [0.1, 0.15) is 6.61 Å². The predicted octanol–water partition coefficient (Wildman–Crippen LogP) is 3.62. The highest BCUT2D eigenvalue weighted by Crippen LogP contribution is 2.35. The van der Waals surface area contributed by atoms with Crippen LogP contribution in [0.1, 0.15) is 39.5 Å². The van der Waals surface area contributed by atoms with E-state index in [1.165, 1.54) is 6.42 Å². The van der Waals surface area contributed by atoms with Gasteiger partial charge in [0.2, 0.25) is 0 Å². The van der Waals surface area contributed by atoms with Crippen molar-refractivity contribution < 1.29 is 17.9 Å². The van der Waals surface area contributed by atoms with Crippen LogP contribution in [0, 0.1) is 17.8 Å². The lowest BCUT2D eigenvalue weighted by molar-refractivity contribution is -0.174. The zero-order chi connectivity index (χ0) is 14.5. The van der Waals surface area contributed by atoms with E-state index < -0.39 is 12.8 Å². The van der Waals surface area contributed by atoms with Crippen molar-refractivity contribution in [3.8, 4) is 0 Å². The summed E-state index contributed by atoms with van der Waals surface area (Å²) in [7, 11) is 1.89. The third-order valence-electron chi connectivity index (χ3n) is 4.42. The lowest BCUT2D eigenvalue weighted by atomic mass is 9.73. The van der Waals surface area contributed by atoms with E-state index in [1.54, 1.807) is 0 Å². The predicted molar refractivity (Wildman–Crippen MR) is 70.0 cm³/mol. The molecule has 0 saturated heterocycles. The highest BCUT2D eigenvalue weighted by Gasteiger charge is 2.30. The Morgan fingerprint density at radius 3 is 2.42 bits per heavy atom. The summed E-state index contributed by atoms with van der Waals surface area (Å²) in [5.74, 6) is 2.02. The molecule has 2 nitrogen and oxygen atoms in total. The Balaban J connectivity index is 2.29. The van der Waals surface area contributed by atoms with Crippen molar-refractivity contribution in [2.45, 2.75) is 51.7 Å². The van der Waals surface area contributed by atoms with Crippen molar-refractivity contribution in [2.75, 3.05) is 20.3 Å². The second-order valence-corrected chi connectivity index (χ2v) is 5.88. The number of halogens is 3. The largest absolute Gasteiger partial charge is 0.411 e. The van der Waals surface area contributed by atoms with Crippen molar-refractivity contribution in [3.63, 3.8) is 0 Å². The van der Waals surface area contributed by atoms with Gasteiger partial charge in [-0.05, 0) is 44.1 Å². The maximum absolute atomic E-state index is 12.0. The minimum Gasteiger partial charge on any atom is -0.372 e. The molecular weight excluding hydrogens is 255 g/mol. The van der Waals surface area contributed by atoms with Crippen LogP contribution in [-0.2, 0) is 4.74 Å². The van der Waals surface area contributed by atoms with E-state index in [0.29, 0.717) is 18.3 Å². The van der Waals surface area contributed by atoms with Gasteiger partial charge in [-0.2, -0.15) is 13.2 Å². The molecule has 1 aliphatic carbocycles. The number of alkyl halides is 3. The molecule has 4 unspecified atom stereocenters. The first kappa shape index (κ1) is 16.8. The maximum Gasteiger partial charge on any atom is 0.411 e. The first-order valence-electron chi connectivity index (χ1n) is 7.15. The molecule has 4 atom stereocenters. The highest BCUT2D eigenvalue weighted by atomic mass is 19.4. The van der Waals surface area contributed by atoms with Gasteiger partial charge in [0.05, 0.1) is 0 Å². The Morgan fingerprint density at radius 1 is 1.21 bits per heavy atom. The molecule has 0 aromatic heterocycles. The van der Waals surface area contributed by atoms with E-state index >= 15 is 0 Å². The van der Waals surface area contributed by atoms with Crippen LogP contribution in [0.25, 0.3) is 0 Å². The van der Waals surface area contributed by atoms with E-state index in [9.17, 15) is 13.2 Å². The number of hydrogen-bond acceptors (Lipinski definition) is 2. The molecule has 114 valence electrons. The standard InChI is InChI=1S/C14H26F3NO/c1-10-4-5-12(8-11(10)2)13(18-3)6-7-19-9-14(15,16)17/h10-13,18H,4-9H2,1-3H3. The summed E-state index contributed by atoms with van der Waals surface area (Å²) in [6, 6.07) is 0.267. The molecule has 1 N–H and O–H groups in total. The lowest BCUT2D eigenvalue weighted by Crippen LogP contribution is -2.38. The minimum absolute atomic E-state index is 0.172. The monoisotopic (exact) mass is 281 g/mol. The van der Waals surface area contributed by atoms with E-state index in [2.05, 4.69) is 19.2 Å². The zero-order valence-electron chi connectivity index (χ0n) is 12.1. The van der Waals surface area contributed by atoms with Crippen molar-refractivity contribution in [3.05, 3.63) is 0 Å². The van der Waals surface area contributed by atoms with Crippen LogP contribution < -0.4 is 5.32 Å². The quantitative estimate of drug-likeness (QED) is 0.751. The topological polar surface area (TPSA) is 21.3 Å². The Hall–Kier alpha value is -0.290. The summed E-state index contributed by atoms with van der Waals surface area (Å²) in [6.07, 6.45) is -0.0298. The summed E-state index contributed by atoms with van der Waals surface area (Å²) < 4.78 is 40.6. The van der Waals surface area contributed by atoms with Crippen LogP contribution in [0.4, 0.5) is 13.2 Å². The molecule has 0 heterocycles. The van der Waals surface area contributed by atoms with Crippen LogP contribution >= 0.6 is 0 Å². The highest BCUT2D eigenvalue weighted by molar-refractivity contribution is 4.83. The van der Waals surface area contributed by atoms with Crippen molar-refractivity contribution >= 4 is 0 Å². The summed E-state index contributed by atoms with van der Waals surface area (Å²) in [5, 5.41) is 3.24. The first-order chi connectivity index (χ1) is 8.83. The molecule has 1 rings (SSSR count). The van der Waals surface area contributed by atoms with Crippen molar-refractivity contribution in [1.82, 2.24) is 5.32 Å². The van der Waals surface area contributed by atoms with Crippen molar-refractivity contribution in [1.29, 1.82) is 0 Å². The second-order valence-electron chi connectivity index (χ2n) is 5.88. The summed E-state index contributed by atoms with van der Waals surface area (Å²) >= 11 is 0. The molecule has 0 radical (unpaired) electrons. The Kier molecular flexibility index (Phi) is 6.60. The smallest absolute Gasteiger partial charge is 0.372 e. The van der Waals surface area contributed by atoms with Crippen LogP contribution in [0.15, 0.2) is 0 Å². The SMILES string of the molecule is CNC(CCOCC(F)(F)F)C1CCC(C)C(C)C1. The molecule has 1 saturated carbocycles. The average Bonchev–Trinajstić information content (AvgIpc) is 2.32. The normalized spacial score (nSPS) is 30.3. The van der Waals surface area contributed by atoms with Crippen molar-refractivity contribution in [2.24, 2.45) is 17.8 Å². The van der Waals surface area contributed by atoms with E-state index in [-0.39, 0.29) is 12.6 Å². The molecule has 0 spiro atoms.